The molecule has 1 aromatic heterocycles. The highest BCUT2D eigenvalue weighted by Gasteiger charge is 2.18. The van der Waals surface area contributed by atoms with Crippen LogP contribution in [0.2, 0.25) is 0 Å². The summed E-state index contributed by atoms with van der Waals surface area (Å²) in [6, 6.07) is 5.65. The molecule has 5 nitrogen and oxygen atoms in total. The van der Waals surface area contributed by atoms with E-state index < -0.39 is 0 Å². The number of nitrogens with zero attached hydrogens (tertiary/aromatic N) is 1. The molecule has 0 spiro atoms. The van der Waals surface area contributed by atoms with E-state index in [1.54, 1.807) is 0 Å². The second-order valence-corrected chi connectivity index (χ2v) is 6.21. The molecule has 0 saturated heterocycles. The van der Waals surface area contributed by atoms with Crippen molar-refractivity contribution < 1.29 is 4.79 Å². The van der Waals surface area contributed by atoms with Crippen molar-refractivity contribution in [1.29, 1.82) is 0 Å². The molecule has 7 heteroatoms. The van der Waals surface area contributed by atoms with E-state index >= 15 is 0 Å². The predicted molar refractivity (Wildman–Crippen MR) is 90.8 cm³/mol. The topological polar surface area (TPSA) is 83.8 Å². The summed E-state index contributed by atoms with van der Waals surface area (Å²) < 4.78 is 0.915. The molecule has 1 heterocycles. The number of aromatic amines is 1. The number of nitrogens with one attached hydrogen (secondary N) is 2. The van der Waals surface area contributed by atoms with Crippen molar-refractivity contribution in [2.45, 2.75) is 26.3 Å². The third-order valence-electron chi connectivity index (χ3n) is 3.12. The summed E-state index contributed by atoms with van der Waals surface area (Å²) in [6.45, 7) is 4.64. The minimum Gasteiger partial charge on any atom is -0.347 e. The molecule has 0 aliphatic heterocycles. The van der Waals surface area contributed by atoms with Crippen LogP contribution in [0.15, 0.2) is 22.7 Å². The van der Waals surface area contributed by atoms with E-state index in [9.17, 15) is 4.79 Å². The van der Waals surface area contributed by atoms with Crippen molar-refractivity contribution in [3.05, 3.63) is 28.4 Å². The second-order valence-electron chi connectivity index (χ2n) is 5.30. The summed E-state index contributed by atoms with van der Waals surface area (Å²) in [6.07, 6.45) is 0.855. The average molecular weight is 376 g/mol. The monoisotopic (exact) mass is 374 g/mol. The van der Waals surface area contributed by atoms with Crippen molar-refractivity contribution in [3.63, 3.8) is 0 Å². The molecule has 2 rings (SSSR count). The van der Waals surface area contributed by atoms with Gasteiger partial charge in [-0.3, -0.25) is 9.89 Å². The number of amides is 1. The van der Waals surface area contributed by atoms with Gasteiger partial charge in [0, 0.05) is 22.4 Å². The highest BCUT2D eigenvalue weighted by atomic mass is 79.9. The average Bonchev–Trinajstić information content (AvgIpc) is 2.80. The zero-order chi connectivity index (χ0) is 14.7. The van der Waals surface area contributed by atoms with Gasteiger partial charge in [0.05, 0.1) is 5.52 Å². The Morgan fingerprint density at radius 1 is 1.48 bits per heavy atom. The van der Waals surface area contributed by atoms with Crippen LogP contribution >= 0.6 is 28.3 Å². The molecule has 21 heavy (non-hydrogen) atoms. The molecule has 1 unspecified atom stereocenters. The lowest BCUT2D eigenvalue weighted by Crippen LogP contribution is -2.41. The summed E-state index contributed by atoms with van der Waals surface area (Å²) in [5, 5.41) is 10.7. The van der Waals surface area contributed by atoms with Crippen molar-refractivity contribution in [3.8, 4) is 0 Å². The first-order chi connectivity index (χ1) is 9.51. The van der Waals surface area contributed by atoms with Gasteiger partial charge in [0.25, 0.3) is 5.91 Å². The van der Waals surface area contributed by atoms with Crippen molar-refractivity contribution in [2.75, 3.05) is 6.54 Å². The Morgan fingerprint density at radius 2 is 2.19 bits per heavy atom. The van der Waals surface area contributed by atoms with Crippen LogP contribution in [0.5, 0.6) is 0 Å². The number of aromatic nitrogens is 2. The maximum absolute atomic E-state index is 12.3. The number of carbonyl (C=O) groups is 1. The van der Waals surface area contributed by atoms with Crippen molar-refractivity contribution >= 4 is 45.1 Å². The van der Waals surface area contributed by atoms with Gasteiger partial charge >= 0.3 is 0 Å². The molecule has 0 saturated carbocycles. The Bertz CT molecular complexity index is 614. The van der Waals surface area contributed by atoms with Crippen molar-refractivity contribution in [2.24, 2.45) is 11.7 Å². The predicted octanol–water partition coefficient (Wildman–Crippen LogP) is 2.85. The SMILES string of the molecule is CC(C)CC(CN)NC(=O)c1n[nH]c2ccc(Br)cc12.Cl. The zero-order valence-electron chi connectivity index (χ0n) is 12.0. The maximum atomic E-state index is 12.3. The number of nitrogens with two attached hydrogens (primary N) is 1. The third kappa shape index (κ3) is 4.43. The van der Waals surface area contributed by atoms with Crippen LogP contribution < -0.4 is 11.1 Å². The van der Waals surface area contributed by atoms with E-state index in [1.165, 1.54) is 0 Å². The Hall–Kier alpha value is -1.11. The van der Waals surface area contributed by atoms with E-state index in [1.807, 2.05) is 18.2 Å². The Labute approximate surface area is 138 Å². The van der Waals surface area contributed by atoms with Gasteiger partial charge in [-0.15, -0.1) is 12.4 Å². The minimum absolute atomic E-state index is 0. The van der Waals surface area contributed by atoms with Crippen LogP contribution in [0.4, 0.5) is 0 Å². The molecule has 4 N–H and O–H groups in total. The van der Waals surface area contributed by atoms with Crippen LogP contribution in [0.1, 0.15) is 30.8 Å². The largest absolute Gasteiger partial charge is 0.347 e. The fourth-order valence-corrected chi connectivity index (χ4v) is 2.56. The number of benzene rings is 1. The van der Waals surface area contributed by atoms with Crippen LogP contribution in [0.3, 0.4) is 0 Å². The fourth-order valence-electron chi connectivity index (χ4n) is 2.20. The lowest BCUT2D eigenvalue weighted by atomic mass is 10.0. The van der Waals surface area contributed by atoms with E-state index in [4.69, 9.17) is 5.73 Å². The third-order valence-corrected chi connectivity index (χ3v) is 3.61. The molecule has 2 aromatic rings. The normalized spacial score (nSPS) is 12.2. The number of rotatable bonds is 5. The molecular formula is C14H20BrClN4O. The Morgan fingerprint density at radius 3 is 2.81 bits per heavy atom. The van der Waals surface area contributed by atoms with Gasteiger partial charge in [-0.25, -0.2) is 0 Å². The molecule has 1 atom stereocenters. The summed E-state index contributed by atoms with van der Waals surface area (Å²) in [7, 11) is 0. The molecule has 0 bridgehead atoms. The fraction of sp³-hybridized carbons (Fsp3) is 0.429. The van der Waals surface area contributed by atoms with Gasteiger partial charge in [-0.1, -0.05) is 29.8 Å². The molecule has 0 radical (unpaired) electrons. The lowest BCUT2D eigenvalue weighted by molar-refractivity contribution is 0.0930. The van der Waals surface area contributed by atoms with Gasteiger partial charge in [-0.2, -0.15) is 5.10 Å². The second kappa shape index (κ2) is 7.77. The van der Waals surface area contributed by atoms with Gasteiger partial charge < -0.3 is 11.1 Å². The first kappa shape index (κ1) is 17.9. The van der Waals surface area contributed by atoms with E-state index in [0.717, 1.165) is 21.8 Å². The Balaban J connectivity index is 0.00000220. The lowest BCUT2D eigenvalue weighted by Gasteiger charge is -2.18. The van der Waals surface area contributed by atoms with Gasteiger partial charge in [-0.05, 0) is 30.5 Å². The van der Waals surface area contributed by atoms with Gasteiger partial charge in [0.2, 0.25) is 0 Å². The maximum Gasteiger partial charge on any atom is 0.272 e. The number of H-pyrrole nitrogens is 1. The van der Waals surface area contributed by atoms with Crippen LogP contribution in [0, 0.1) is 5.92 Å². The minimum atomic E-state index is -0.189. The Kier molecular flexibility index (Phi) is 6.64. The number of halogens is 2. The highest BCUT2D eigenvalue weighted by molar-refractivity contribution is 9.10. The first-order valence-corrected chi connectivity index (χ1v) is 7.45. The standard InChI is InChI=1S/C14H19BrN4O.ClH/c1-8(2)5-10(7-16)17-14(20)13-11-6-9(15)3-4-12(11)18-19-13;/h3-4,6,8,10H,5,7,16H2,1-2H3,(H,17,20)(H,18,19);1H. The molecular weight excluding hydrogens is 356 g/mol. The summed E-state index contributed by atoms with van der Waals surface area (Å²) in [5.74, 6) is 0.291. The zero-order valence-corrected chi connectivity index (χ0v) is 14.4. The van der Waals surface area contributed by atoms with E-state index in [-0.39, 0.29) is 24.4 Å². The van der Waals surface area contributed by atoms with Crippen LogP contribution in [-0.2, 0) is 0 Å². The number of hydrogen-bond acceptors (Lipinski definition) is 3. The molecule has 1 aromatic carbocycles. The highest BCUT2D eigenvalue weighted by Crippen LogP contribution is 2.21. The molecule has 0 aliphatic rings. The summed E-state index contributed by atoms with van der Waals surface area (Å²) in [4.78, 5) is 12.3. The van der Waals surface area contributed by atoms with E-state index in [0.29, 0.717) is 18.2 Å². The number of carbonyl (C=O) groups excluding carboxylic acids is 1. The molecule has 1 amide bonds. The van der Waals surface area contributed by atoms with E-state index in [2.05, 4.69) is 45.3 Å². The smallest absolute Gasteiger partial charge is 0.272 e. The summed E-state index contributed by atoms with van der Waals surface area (Å²) >= 11 is 3.40. The van der Waals surface area contributed by atoms with Crippen molar-refractivity contribution in [1.82, 2.24) is 15.5 Å². The molecule has 0 fully saturated rings. The van der Waals surface area contributed by atoms with Gasteiger partial charge in [0.1, 0.15) is 0 Å². The van der Waals surface area contributed by atoms with Crippen LogP contribution in [-0.4, -0.2) is 28.7 Å². The van der Waals surface area contributed by atoms with Crippen LogP contribution in [0.25, 0.3) is 10.9 Å². The number of hydrogen-bond donors (Lipinski definition) is 3. The first-order valence-electron chi connectivity index (χ1n) is 6.65. The number of fused-ring (bicyclic) bond motifs is 1. The van der Waals surface area contributed by atoms with Gasteiger partial charge in [0.15, 0.2) is 5.69 Å². The quantitative estimate of drug-likeness (QED) is 0.751. The molecule has 0 aliphatic carbocycles. The molecule has 116 valence electrons. The summed E-state index contributed by atoms with van der Waals surface area (Å²) in [5.41, 5.74) is 6.95.